The van der Waals surface area contributed by atoms with E-state index in [4.69, 9.17) is 27.9 Å². The van der Waals surface area contributed by atoms with Crippen molar-refractivity contribution in [2.24, 2.45) is 0 Å². The van der Waals surface area contributed by atoms with E-state index in [-0.39, 0.29) is 21.4 Å². The summed E-state index contributed by atoms with van der Waals surface area (Å²) >= 11 is 12.1. The highest BCUT2D eigenvalue weighted by Gasteiger charge is 2.36. The van der Waals surface area contributed by atoms with Crippen LogP contribution in [0.4, 0.5) is 0 Å². The van der Waals surface area contributed by atoms with Crippen LogP contribution >= 0.6 is 23.2 Å². The molecule has 1 aromatic carbocycles. The number of hydrogen-bond donors (Lipinski definition) is 0. The predicted octanol–water partition coefficient (Wildman–Crippen LogP) is 3.54. The summed E-state index contributed by atoms with van der Waals surface area (Å²) in [6, 6.07) is 2.84. The van der Waals surface area contributed by atoms with Gasteiger partial charge in [-0.3, -0.25) is 4.79 Å². The highest BCUT2D eigenvalue weighted by Crippen LogP contribution is 2.33. The van der Waals surface area contributed by atoms with Crippen LogP contribution in [0, 0.1) is 0 Å². The van der Waals surface area contributed by atoms with E-state index < -0.39 is 20.9 Å². The van der Waals surface area contributed by atoms with Gasteiger partial charge in [0.25, 0.3) is 0 Å². The Balaban J connectivity index is 2.37. The molecule has 1 saturated heterocycles. The Bertz CT molecular complexity index is 655. The molecule has 1 unspecified atom stereocenters. The molecule has 7 heteroatoms. The molecule has 0 bridgehead atoms. The number of rotatable bonds is 4. The van der Waals surface area contributed by atoms with Crippen molar-refractivity contribution in [1.29, 1.82) is 0 Å². The number of Topliss-reactive ketones (excluding diaryl/α,β-unsaturated/α-hetero) is 1. The normalized spacial score (nSPS) is 21.0. The lowest BCUT2D eigenvalue weighted by atomic mass is 10.0. The molecule has 1 atom stereocenters. The number of ether oxygens (including phenoxy) is 1. The molecule has 0 saturated carbocycles. The third-order valence-electron chi connectivity index (χ3n) is 3.46. The van der Waals surface area contributed by atoms with Gasteiger partial charge in [0, 0.05) is 11.6 Å². The van der Waals surface area contributed by atoms with Crippen LogP contribution in [0.25, 0.3) is 0 Å². The van der Waals surface area contributed by atoms with E-state index in [2.05, 4.69) is 0 Å². The summed E-state index contributed by atoms with van der Waals surface area (Å²) in [6.45, 7) is 2.22. The van der Waals surface area contributed by atoms with Gasteiger partial charge >= 0.3 is 0 Å². The molecule has 0 N–H and O–H groups in total. The van der Waals surface area contributed by atoms with Gasteiger partial charge in [0.05, 0.1) is 22.4 Å². The van der Waals surface area contributed by atoms with Gasteiger partial charge in [-0.2, -0.15) is 0 Å². The van der Waals surface area contributed by atoms with Gasteiger partial charge in [0.1, 0.15) is 11.0 Å². The zero-order valence-electron chi connectivity index (χ0n) is 11.6. The summed E-state index contributed by atoms with van der Waals surface area (Å²) in [7, 11) is -3.40. The van der Waals surface area contributed by atoms with Crippen LogP contribution in [0.3, 0.4) is 0 Å². The van der Waals surface area contributed by atoms with Crippen molar-refractivity contribution in [2.45, 2.75) is 31.4 Å². The first-order chi connectivity index (χ1) is 9.86. The monoisotopic (exact) mass is 350 g/mol. The lowest BCUT2D eigenvalue weighted by Gasteiger charge is -2.21. The van der Waals surface area contributed by atoms with Gasteiger partial charge in [-0.15, -0.1) is 0 Å². The van der Waals surface area contributed by atoms with Gasteiger partial charge in [-0.05, 0) is 25.8 Å². The Kier molecular flexibility index (Phi) is 5.17. The Morgan fingerprint density at radius 1 is 1.29 bits per heavy atom. The van der Waals surface area contributed by atoms with Gasteiger partial charge in [0.2, 0.25) is 0 Å². The maximum Gasteiger partial charge on any atom is 0.182 e. The topological polar surface area (TPSA) is 60.4 Å². The number of hydrogen-bond acceptors (Lipinski definition) is 4. The summed E-state index contributed by atoms with van der Waals surface area (Å²) in [6.07, 6.45) is 1.66. The lowest BCUT2D eigenvalue weighted by Crippen LogP contribution is -2.35. The minimum atomic E-state index is -3.40. The molecular weight excluding hydrogens is 335 g/mol. The van der Waals surface area contributed by atoms with Gasteiger partial charge in [0.15, 0.2) is 15.6 Å². The molecule has 116 valence electrons. The van der Waals surface area contributed by atoms with Crippen LogP contribution in [0.2, 0.25) is 10.0 Å². The first kappa shape index (κ1) is 16.6. The average molecular weight is 351 g/mol. The highest BCUT2D eigenvalue weighted by atomic mass is 35.5. The first-order valence-corrected chi connectivity index (χ1v) is 9.21. The molecule has 0 amide bonds. The summed E-state index contributed by atoms with van der Waals surface area (Å²) in [5, 5.41) is -0.607. The van der Waals surface area contributed by atoms with E-state index in [0.717, 1.165) is 6.42 Å². The molecule has 1 aliphatic heterocycles. The number of carbonyl (C=O) groups excluding carboxylic acids is 1. The Morgan fingerprint density at radius 2 is 2.00 bits per heavy atom. The molecule has 0 aromatic heterocycles. The molecule has 1 heterocycles. The number of halogens is 2. The van der Waals surface area contributed by atoms with E-state index in [0.29, 0.717) is 25.2 Å². The number of benzene rings is 1. The molecule has 21 heavy (non-hydrogen) atoms. The average Bonchev–Trinajstić information content (AvgIpc) is 2.41. The zero-order chi connectivity index (χ0) is 15.6. The van der Waals surface area contributed by atoms with Crippen LogP contribution in [0.5, 0.6) is 5.75 Å². The lowest BCUT2D eigenvalue weighted by molar-refractivity contribution is 0.0981. The van der Waals surface area contributed by atoms with Crippen molar-refractivity contribution in [3.8, 4) is 5.75 Å². The molecular formula is C14H16Cl2O4S. The number of ketones is 1. The fourth-order valence-electron chi connectivity index (χ4n) is 2.41. The Labute approximate surface area is 134 Å². The third kappa shape index (κ3) is 3.52. The maximum absolute atomic E-state index is 12.5. The van der Waals surface area contributed by atoms with Gasteiger partial charge in [-0.25, -0.2) is 8.42 Å². The highest BCUT2D eigenvalue weighted by molar-refractivity contribution is 7.92. The van der Waals surface area contributed by atoms with Crippen LogP contribution in [0.1, 0.15) is 36.5 Å². The third-order valence-corrected chi connectivity index (χ3v) is 6.24. The van der Waals surface area contributed by atoms with Crippen molar-refractivity contribution in [2.75, 3.05) is 12.4 Å². The fraction of sp³-hybridized carbons (Fsp3) is 0.500. The van der Waals surface area contributed by atoms with Crippen molar-refractivity contribution in [1.82, 2.24) is 0 Å². The summed E-state index contributed by atoms with van der Waals surface area (Å²) in [4.78, 5) is 12.5. The summed E-state index contributed by atoms with van der Waals surface area (Å²) < 4.78 is 29.4. The van der Waals surface area contributed by atoms with Gasteiger partial charge in [-0.1, -0.05) is 29.6 Å². The van der Waals surface area contributed by atoms with Crippen molar-refractivity contribution in [3.05, 3.63) is 27.7 Å². The van der Waals surface area contributed by atoms with E-state index >= 15 is 0 Å². The van der Waals surface area contributed by atoms with E-state index in [9.17, 15) is 13.2 Å². The summed E-state index contributed by atoms with van der Waals surface area (Å²) in [5.74, 6) is -0.0527. The molecule has 0 radical (unpaired) electrons. The van der Waals surface area contributed by atoms with Crippen molar-refractivity contribution >= 4 is 38.8 Å². The van der Waals surface area contributed by atoms with E-state index in [1.807, 2.05) is 0 Å². The second kappa shape index (κ2) is 6.55. The minimum absolute atomic E-state index is 0.0474. The standard InChI is InChI=1S/C14H16Cl2O4S/c1-2-20-12-8-10(15)9(7-11(12)16)14(17)13-5-3-4-6-21(13,18)19/h7-8,13H,2-6H2,1H3. The van der Waals surface area contributed by atoms with Crippen LogP contribution < -0.4 is 4.74 Å². The van der Waals surface area contributed by atoms with Gasteiger partial charge < -0.3 is 4.74 Å². The fourth-order valence-corrected chi connectivity index (χ4v) is 4.74. The first-order valence-electron chi connectivity index (χ1n) is 6.74. The maximum atomic E-state index is 12.5. The molecule has 2 rings (SSSR count). The van der Waals surface area contributed by atoms with Crippen LogP contribution in [0.15, 0.2) is 12.1 Å². The largest absolute Gasteiger partial charge is 0.492 e. The molecule has 0 aliphatic carbocycles. The molecule has 1 aliphatic rings. The second-order valence-corrected chi connectivity index (χ2v) is 8.03. The Morgan fingerprint density at radius 3 is 2.62 bits per heavy atom. The predicted molar refractivity (Wildman–Crippen MR) is 83.4 cm³/mol. The smallest absolute Gasteiger partial charge is 0.182 e. The number of sulfone groups is 1. The van der Waals surface area contributed by atoms with Crippen molar-refractivity contribution < 1.29 is 17.9 Å². The van der Waals surface area contributed by atoms with E-state index in [1.54, 1.807) is 6.92 Å². The van der Waals surface area contributed by atoms with Crippen LogP contribution in [-0.4, -0.2) is 31.8 Å². The molecule has 1 fully saturated rings. The minimum Gasteiger partial charge on any atom is -0.492 e. The van der Waals surface area contributed by atoms with Crippen LogP contribution in [-0.2, 0) is 9.84 Å². The van der Waals surface area contributed by atoms with Crippen molar-refractivity contribution in [3.63, 3.8) is 0 Å². The SMILES string of the molecule is CCOc1cc(Cl)c(C(=O)C2CCCCS2(=O)=O)cc1Cl. The van der Waals surface area contributed by atoms with E-state index in [1.165, 1.54) is 12.1 Å². The molecule has 0 spiro atoms. The summed E-state index contributed by atoms with van der Waals surface area (Å²) in [5.41, 5.74) is 0.139. The Hall–Kier alpha value is -0.780. The quantitative estimate of drug-likeness (QED) is 0.779. The molecule has 4 nitrogen and oxygen atoms in total. The zero-order valence-corrected chi connectivity index (χ0v) is 13.9. The second-order valence-electron chi connectivity index (χ2n) is 4.91. The molecule has 1 aromatic rings. The number of carbonyl (C=O) groups is 1.